The number of halogens is 1. The lowest BCUT2D eigenvalue weighted by atomic mass is 10.2. The van der Waals surface area contributed by atoms with Crippen LogP contribution in [0.3, 0.4) is 0 Å². The molecule has 158 valence electrons. The summed E-state index contributed by atoms with van der Waals surface area (Å²) in [6, 6.07) is 12.5. The highest BCUT2D eigenvalue weighted by atomic mass is 127. The van der Waals surface area contributed by atoms with E-state index in [2.05, 4.69) is 51.3 Å². The van der Waals surface area contributed by atoms with E-state index < -0.39 is 0 Å². The molecule has 0 atom stereocenters. The summed E-state index contributed by atoms with van der Waals surface area (Å²) in [7, 11) is 1.70. The Morgan fingerprint density at radius 2 is 1.83 bits per heavy atom. The van der Waals surface area contributed by atoms with Gasteiger partial charge < -0.3 is 19.9 Å². The number of methoxy groups -OCH3 is 1. The second-order valence-corrected chi connectivity index (χ2v) is 6.97. The van der Waals surface area contributed by atoms with Gasteiger partial charge in [-0.3, -0.25) is 9.98 Å². The van der Waals surface area contributed by atoms with Crippen LogP contribution in [-0.2, 0) is 6.42 Å². The third-order valence-corrected chi connectivity index (χ3v) is 4.99. The third kappa shape index (κ3) is 6.76. The van der Waals surface area contributed by atoms with Crippen LogP contribution >= 0.6 is 24.0 Å². The van der Waals surface area contributed by atoms with E-state index in [1.807, 2.05) is 25.3 Å². The van der Waals surface area contributed by atoms with Crippen molar-refractivity contribution in [3.63, 3.8) is 0 Å². The number of hydrogen-bond acceptors (Lipinski definition) is 4. The van der Waals surface area contributed by atoms with Gasteiger partial charge in [-0.05, 0) is 56.2 Å². The SMILES string of the molecule is CCNC(=NCCc1ccc(C)nc1)N1CCN(c2ccc(OC)cc2)CC1.I. The van der Waals surface area contributed by atoms with Crippen LogP contribution in [0.25, 0.3) is 0 Å². The number of piperazine rings is 1. The molecule has 6 nitrogen and oxygen atoms in total. The lowest BCUT2D eigenvalue weighted by Gasteiger charge is -2.37. The zero-order chi connectivity index (χ0) is 19.8. The van der Waals surface area contributed by atoms with Crippen molar-refractivity contribution in [1.82, 2.24) is 15.2 Å². The Kier molecular flexibility index (Phi) is 9.50. The van der Waals surface area contributed by atoms with Gasteiger partial charge in [-0.1, -0.05) is 6.07 Å². The van der Waals surface area contributed by atoms with Gasteiger partial charge >= 0.3 is 0 Å². The van der Waals surface area contributed by atoms with E-state index in [0.29, 0.717) is 0 Å². The minimum Gasteiger partial charge on any atom is -0.497 e. The van der Waals surface area contributed by atoms with E-state index in [-0.39, 0.29) is 24.0 Å². The van der Waals surface area contributed by atoms with Gasteiger partial charge in [-0.25, -0.2) is 0 Å². The number of nitrogens with one attached hydrogen (secondary N) is 1. The molecule has 29 heavy (non-hydrogen) atoms. The Bertz CT molecular complexity index is 756. The number of aryl methyl sites for hydroxylation is 1. The standard InChI is InChI=1S/C22H31N5O.HI/c1-4-23-22(24-12-11-19-6-5-18(2)25-17-19)27-15-13-26(14-16-27)20-7-9-21(28-3)10-8-20;/h5-10,17H,4,11-16H2,1-3H3,(H,23,24);1H. The zero-order valence-corrected chi connectivity index (χ0v) is 19.9. The molecular formula is C22H32IN5O. The number of guanidine groups is 1. The van der Waals surface area contributed by atoms with Crippen molar-refractivity contribution in [2.45, 2.75) is 20.3 Å². The molecule has 7 heteroatoms. The molecule has 0 bridgehead atoms. The van der Waals surface area contributed by atoms with Gasteiger partial charge in [0.1, 0.15) is 5.75 Å². The molecule has 2 aromatic rings. The molecule has 0 amide bonds. The predicted octanol–water partition coefficient (Wildman–Crippen LogP) is 3.35. The molecule has 1 aliphatic heterocycles. The summed E-state index contributed by atoms with van der Waals surface area (Å²) in [5, 5.41) is 3.44. The average molecular weight is 509 g/mol. The Morgan fingerprint density at radius 1 is 1.10 bits per heavy atom. The molecule has 0 saturated carbocycles. The molecule has 1 aromatic heterocycles. The Hall–Kier alpha value is -2.03. The first-order chi connectivity index (χ1) is 13.7. The van der Waals surface area contributed by atoms with Crippen molar-refractivity contribution >= 4 is 35.6 Å². The fourth-order valence-corrected chi connectivity index (χ4v) is 3.33. The summed E-state index contributed by atoms with van der Waals surface area (Å²) >= 11 is 0. The first kappa shape index (κ1) is 23.3. The van der Waals surface area contributed by atoms with Crippen LogP contribution in [0.1, 0.15) is 18.2 Å². The smallest absolute Gasteiger partial charge is 0.194 e. The van der Waals surface area contributed by atoms with E-state index in [1.54, 1.807) is 7.11 Å². The maximum Gasteiger partial charge on any atom is 0.194 e. The summed E-state index contributed by atoms with van der Waals surface area (Å²) in [5.41, 5.74) is 3.53. The van der Waals surface area contributed by atoms with Crippen molar-refractivity contribution in [3.8, 4) is 5.75 Å². The first-order valence-corrected chi connectivity index (χ1v) is 10.0. The highest BCUT2D eigenvalue weighted by Gasteiger charge is 2.19. The van der Waals surface area contributed by atoms with Crippen LogP contribution in [0, 0.1) is 6.92 Å². The average Bonchev–Trinajstić information content (AvgIpc) is 2.75. The largest absolute Gasteiger partial charge is 0.497 e. The number of ether oxygens (including phenoxy) is 1. The van der Waals surface area contributed by atoms with E-state index in [9.17, 15) is 0 Å². The fourth-order valence-electron chi connectivity index (χ4n) is 3.33. The third-order valence-electron chi connectivity index (χ3n) is 4.99. The Morgan fingerprint density at radius 3 is 2.41 bits per heavy atom. The second-order valence-electron chi connectivity index (χ2n) is 6.97. The molecule has 0 radical (unpaired) electrons. The minimum absolute atomic E-state index is 0. The van der Waals surface area contributed by atoms with Gasteiger partial charge in [0.05, 0.1) is 7.11 Å². The summed E-state index contributed by atoms with van der Waals surface area (Å²) in [5.74, 6) is 1.91. The van der Waals surface area contributed by atoms with E-state index in [4.69, 9.17) is 9.73 Å². The summed E-state index contributed by atoms with van der Waals surface area (Å²) in [6.07, 6.45) is 2.86. The summed E-state index contributed by atoms with van der Waals surface area (Å²) in [4.78, 5) is 14.0. The van der Waals surface area contributed by atoms with Crippen LogP contribution in [0.2, 0.25) is 0 Å². The fraction of sp³-hybridized carbons (Fsp3) is 0.455. The minimum atomic E-state index is 0. The molecule has 3 rings (SSSR count). The quantitative estimate of drug-likeness (QED) is 0.368. The van der Waals surface area contributed by atoms with Gasteiger partial charge in [0.15, 0.2) is 5.96 Å². The zero-order valence-electron chi connectivity index (χ0n) is 17.6. The van der Waals surface area contributed by atoms with Crippen molar-refractivity contribution < 1.29 is 4.74 Å². The maximum atomic E-state index is 5.25. The van der Waals surface area contributed by atoms with Crippen LogP contribution in [0.15, 0.2) is 47.6 Å². The topological polar surface area (TPSA) is 53.0 Å². The number of benzene rings is 1. The van der Waals surface area contributed by atoms with Crippen LogP contribution < -0.4 is 15.0 Å². The van der Waals surface area contributed by atoms with Crippen LogP contribution in [-0.4, -0.2) is 62.2 Å². The molecule has 1 N–H and O–H groups in total. The number of aliphatic imine (C=N–C) groups is 1. The molecular weight excluding hydrogens is 477 g/mol. The van der Waals surface area contributed by atoms with Gasteiger partial charge in [0.25, 0.3) is 0 Å². The highest BCUT2D eigenvalue weighted by Crippen LogP contribution is 2.20. The predicted molar refractivity (Wildman–Crippen MR) is 131 cm³/mol. The summed E-state index contributed by atoms with van der Waals surface area (Å²) < 4.78 is 5.25. The monoisotopic (exact) mass is 509 g/mol. The number of nitrogens with zero attached hydrogens (tertiary/aromatic N) is 4. The van der Waals surface area contributed by atoms with Crippen molar-refractivity contribution in [3.05, 3.63) is 53.9 Å². The maximum absolute atomic E-state index is 5.25. The lowest BCUT2D eigenvalue weighted by molar-refractivity contribution is 0.372. The van der Waals surface area contributed by atoms with Crippen LogP contribution in [0.4, 0.5) is 5.69 Å². The molecule has 1 aliphatic rings. The molecule has 0 spiro atoms. The lowest BCUT2D eigenvalue weighted by Crippen LogP contribution is -2.52. The number of hydrogen-bond donors (Lipinski definition) is 1. The second kappa shape index (κ2) is 11.8. The number of anilines is 1. The van der Waals surface area contributed by atoms with Gasteiger partial charge in [0, 0.05) is 56.8 Å². The van der Waals surface area contributed by atoms with Crippen molar-refractivity contribution in [2.24, 2.45) is 4.99 Å². The van der Waals surface area contributed by atoms with Crippen molar-refractivity contribution in [1.29, 1.82) is 0 Å². The molecule has 0 unspecified atom stereocenters. The van der Waals surface area contributed by atoms with Crippen LogP contribution in [0.5, 0.6) is 5.75 Å². The van der Waals surface area contributed by atoms with Gasteiger partial charge in [-0.15, -0.1) is 24.0 Å². The van der Waals surface area contributed by atoms with Crippen molar-refractivity contribution in [2.75, 3.05) is 51.3 Å². The number of pyridine rings is 1. The van der Waals surface area contributed by atoms with Gasteiger partial charge in [0.2, 0.25) is 0 Å². The normalized spacial score (nSPS) is 14.4. The first-order valence-electron chi connectivity index (χ1n) is 10.0. The Labute approximate surface area is 191 Å². The molecule has 0 aliphatic carbocycles. The van der Waals surface area contributed by atoms with E-state index in [0.717, 1.165) is 63.1 Å². The number of rotatable bonds is 6. The Balaban J connectivity index is 0.00000300. The highest BCUT2D eigenvalue weighted by molar-refractivity contribution is 14.0. The van der Waals surface area contributed by atoms with E-state index in [1.165, 1.54) is 11.3 Å². The molecule has 1 fully saturated rings. The molecule has 2 heterocycles. The molecule has 1 aromatic carbocycles. The number of aromatic nitrogens is 1. The molecule has 1 saturated heterocycles. The van der Waals surface area contributed by atoms with Gasteiger partial charge in [-0.2, -0.15) is 0 Å². The summed E-state index contributed by atoms with van der Waals surface area (Å²) in [6.45, 7) is 9.67. The van der Waals surface area contributed by atoms with E-state index >= 15 is 0 Å².